The van der Waals surface area contributed by atoms with Crippen LogP contribution in [0.4, 0.5) is 0 Å². The van der Waals surface area contributed by atoms with E-state index in [1.54, 1.807) is 0 Å². The number of nitrogens with zero attached hydrogens (tertiary/aromatic N) is 1. The Kier molecular flexibility index (Phi) is 7.80. The zero-order valence-electron chi connectivity index (χ0n) is 17.0. The summed E-state index contributed by atoms with van der Waals surface area (Å²) in [5.41, 5.74) is 1.86. The second-order valence-corrected chi connectivity index (χ2v) is 8.13. The average molecular weight is 376 g/mol. The average Bonchev–Trinajstić information content (AvgIpc) is 2.66. The van der Waals surface area contributed by atoms with E-state index in [1.165, 1.54) is 5.56 Å². The molecular formula is C21H33N3O3. The summed E-state index contributed by atoms with van der Waals surface area (Å²) in [6, 6.07) is 7.91. The first-order valence-electron chi connectivity index (χ1n) is 9.74. The quantitative estimate of drug-likeness (QED) is 0.764. The summed E-state index contributed by atoms with van der Waals surface area (Å²) < 4.78 is 5.34. The molecule has 1 fully saturated rings. The van der Waals surface area contributed by atoms with E-state index in [2.05, 4.69) is 43.2 Å². The Morgan fingerprint density at radius 3 is 2.33 bits per heavy atom. The Morgan fingerprint density at radius 1 is 1.11 bits per heavy atom. The number of hydrogen-bond donors (Lipinski definition) is 2. The van der Waals surface area contributed by atoms with Crippen molar-refractivity contribution in [2.24, 2.45) is 0 Å². The van der Waals surface area contributed by atoms with Gasteiger partial charge in [-0.1, -0.05) is 32.9 Å². The molecule has 2 rings (SSSR count). The summed E-state index contributed by atoms with van der Waals surface area (Å²) in [7, 11) is 0. The Hall–Kier alpha value is -1.92. The zero-order chi connectivity index (χ0) is 19.9. The van der Waals surface area contributed by atoms with Gasteiger partial charge in [-0.05, 0) is 30.0 Å². The van der Waals surface area contributed by atoms with Gasteiger partial charge in [-0.15, -0.1) is 0 Å². The Labute approximate surface area is 162 Å². The molecule has 0 aromatic heterocycles. The van der Waals surface area contributed by atoms with Crippen molar-refractivity contribution >= 4 is 11.8 Å². The monoisotopic (exact) mass is 375 g/mol. The number of hydrogen-bond acceptors (Lipinski definition) is 4. The maximum absolute atomic E-state index is 12.2. The molecule has 150 valence electrons. The molecule has 1 aromatic carbocycles. The topological polar surface area (TPSA) is 70.7 Å². The maximum atomic E-state index is 12.2. The van der Waals surface area contributed by atoms with Gasteiger partial charge in [0.15, 0.2) is 0 Å². The molecule has 6 heteroatoms. The molecule has 1 saturated heterocycles. The number of morpholine rings is 1. The van der Waals surface area contributed by atoms with Crippen LogP contribution >= 0.6 is 0 Å². The van der Waals surface area contributed by atoms with E-state index >= 15 is 0 Å². The highest BCUT2D eigenvalue weighted by Gasteiger charge is 2.17. The molecule has 0 spiro atoms. The third kappa shape index (κ3) is 6.96. The minimum absolute atomic E-state index is 0.0431. The molecule has 1 aromatic rings. The highest BCUT2D eigenvalue weighted by molar-refractivity contribution is 5.94. The zero-order valence-corrected chi connectivity index (χ0v) is 17.0. The van der Waals surface area contributed by atoms with Gasteiger partial charge in [0.05, 0.1) is 13.2 Å². The standard InChI is InChI=1S/C21H33N3O3/c1-16(24-11-13-27-14-12-24)15-23-19(25)9-10-22-20(26)17-5-7-18(8-6-17)21(2,3)4/h5-8,16H,9-15H2,1-4H3,(H,22,26)(H,23,25). The number of ether oxygens (including phenoxy) is 1. The lowest BCUT2D eigenvalue weighted by Crippen LogP contribution is -2.47. The highest BCUT2D eigenvalue weighted by atomic mass is 16.5. The molecule has 1 heterocycles. The van der Waals surface area contributed by atoms with E-state index < -0.39 is 0 Å². The van der Waals surface area contributed by atoms with Gasteiger partial charge in [0.1, 0.15) is 0 Å². The van der Waals surface area contributed by atoms with Crippen LogP contribution in [0, 0.1) is 0 Å². The third-order valence-electron chi connectivity index (χ3n) is 4.91. The van der Waals surface area contributed by atoms with Crippen LogP contribution < -0.4 is 10.6 Å². The summed E-state index contributed by atoms with van der Waals surface area (Å²) in [5, 5.41) is 5.76. The summed E-state index contributed by atoms with van der Waals surface area (Å²) in [6.07, 6.45) is 0.279. The van der Waals surface area contributed by atoms with Gasteiger partial charge < -0.3 is 15.4 Å². The molecule has 2 N–H and O–H groups in total. The number of carbonyl (C=O) groups is 2. The molecule has 0 saturated carbocycles. The lowest BCUT2D eigenvalue weighted by Gasteiger charge is -2.32. The van der Waals surface area contributed by atoms with Crippen LogP contribution in [0.15, 0.2) is 24.3 Å². The second-order valence-electron chi connectivity index (χ2n) is 8.13. The van der Waals surface area contributed by atoms with Crippen molar-refractivity contribution in [3.05, 3.63) is 35.4 Å². The van der Waals surface area contributed by atoms with Crippen LogP contribution in [0.2, 0.25) is 0 Å². The molecule has 27 heavy (non-hydrogen) atoms. The first-order valence-corrected chi connectivity index (χ1v) is 9.74. The van der Waals surface area contributed by atoms with E-state index in [0.29, 0.717) is 18.7 Å². The van der Waals surface area contributed by atoms with Gasteiger partial charge in [-0.25, -0.2) is 0 Å². The van der Waals surface area contributed by atoms with Crippen LogP contribution in [-0.4, -0.2) is 62.1 Å². The first kappa shape index (κ1) is 21.4. The minimum Gasteiger partial charge on any atom is -0.379 e. The number of nitrogens with one attached hydrogen (secondary N) is 2. The summed E-state index contributed by atoms with van der Waals surface area (Å²) in [6.45, 7) is 12.8. The van der Waals surface area contributed by atoms with Crippen molar-refractivity contribution in [2.45, 2.75) is 45.6 Å². The first-order chi connectivity index (χ1) is 12.8. The number of carbonyl (C=O) groups excluding carboxylic acids is 2. The Bertz CT molecular complexity index is 617. The molecule has 2 amide bonds. The fraction of sp³-hybridized carbons (Fsp3) is 0.619. The Morgan fingerprint density at radius 2 is 1.74 bits per heavy atom. The molecule has 1 aliphatic rings. The third-order valence-corrected chi connectivity index (χ3v) is 4.91. The molecule has 0 aliphatic carbocycles. The molecular weight excluding hydrogens is 342 g/mol. The van der Waals surface area contributed by atoms with E-state index in [9.17, 15) is 9.59 Å². The molecule has 6 nitrogen and oxygen atoms in total. The SMILES string of the molecule is CC(CNC(=O)CCNC(=O)c1ccc(C(C)(C)C)cc1)N1CCOCC1. The van der Waals surface area contributed by atoms with Gasteiger partial charge >= 0.3 is 0 Å². The normalized spacial score (nSPS) is 16.6. The molecule has 1 aliphatic heterocycles. The predicted molar refractivity (Wildman–Crippen MR) is 107 cm³/mol. The van der Waals surface area contributed by atoms with Crippen molar-refractivity contribution in [3.8, 4) is 0 Å². The fourth-order valence-corrected chi connectivity index (χ4v) is 3.01. The maximum Gasteiger partial charge on any atom is 0.251 e. The van der Waals surface area contributed by atoms with Crippen LogP contribution in [0.1, 0.15) is 50.0 Å². The van der Waals surface area contributed by atoms with Crippen LogP contribution in [0.5, 0.6) is 0 Å². The van der Waals surface area contributed by atoms with E-state index in [-0.39, 0.29) is 29.7 Å². The minimum atomic E-state index is -0.148. The summed E-state index contributed by atoms with van der Waals surface area (Å²) >= 11 is 0. The smallest absolute Gasteiger partial charge is 0.251 e. The lowest BCUT2D eigenvalue weighted by atomic mass is 9.87. The van der Waals surface area contributed by atoms with Gasteiger partial charge in [-0.2, -0.15) is 0 Å². The van der Waals surface area contributed by atoms with Crippen molar-refractivity contribution in [1.82, 2.24) is 15.5 Å². The van der Waals surface area contributed by atoms with Crippen molar-refractivity contribution in [2.75, 3.05) is 39.4 Å². The van der Waals surface area contributed by atoms with Crippen LogP contribution in [0.25, 0.3) is 0 Å². The van der Waals surface area contributed by atoms with E-state index in [1.807, 2.05) is 24.3 Å². The molecule has 1 unspecified atom stereocenters. The second kappa shape index (κ2) is 9.85. The summed E-state index contributed by atoms with van der Waals surface area (Å²) in [5.74, 6) is -0.191. The van der Waals surface area contributed by atoms with Crippen LogP contribution in [-0.2, 0) is 14.9 Å². The largest absolute Gasteiger partial charge is 0.379 e. The van der Waals surface area contributed by atoms with Gasteiger partial charge in [0.2, 0.25) is 5.91 Å². The van der Waals surface area contributed by atoms with Gasteiger partial charge in [0, 0.05) is 44.2 Å². The predicted octanol–water partition coefficient (Wildman–Crippen LogP) is 1.94. The fourth-order valence-electron chi connectivity index (χ4n) is 3.01. The van der Waals surface area contributed by atoms with Crippen molar-refractivity contribution in [1.29, 1.82) is 0 Å². The molecule has 0 radical (unpaired) electrons. The number of benzene rings is 1. The van der Waals surface area contributed by atoms with Gasteiger partial charge in [0.25, 0.3) is 5.91 Å². The Balaban J connectivity index is 1.67. The number of rotatable bonds is 7. The van der Waals surface area contributed by atoms with E-state index in [0.717, 1.165) is 26.3 Å². The molecule has 0 bridgehead atoms. The molecule has 1 atom stereocenters. The highest BCUT2D eigenvalue weighted by Crippen LogP contribution is 2.22. The van der Waals surface area contributed by atoms with Gasteiger partial charge in [-0.3, -0.25) is 14.5 Å². The lowest BCUT2D eigenvalue weighted by molar-refractivity contribution is -0.121. The van der Waals surface area contributed by atoms with Crippen LogP contribution in [0.3, 0.4) is 0 Å². The summed E-state index contributed by atoms with van der Waals surface area (Å²) in [4.78, 5) is 26.5. The van der Waals surface area contributed by atoms with Crippen molar-refractivity contribution in [3.63, 3.8) is 0 Å². The number of amides is 2. The van der Waals surface area contributed by atoms with Crippen molar-refractivity contribution < 1.29 is 14.3 Å². The van der Waals surface area contributed by atoms with E-state index in [4.69, 9.17) is 4.74 Å².